The van der Waals surface area contributed by atoms with Crippen LogP contribution >= 0.6 is 0 Å². The van der Waals surface area contributed by atoms with Crippen LogP contribution in [0.25, 0.3) is 5.52 Å². The van der Waals surface area contributed by atoms with E-state index in [4.69, 9.17) is 15.3 Å². The lowest BCUT2D eigenvalue weighted by atomic mass is 10.1. The molecule has 0 spiro atoms. The molecule has 1 saturated carbocycles. The lowest BCUT2D eigenvalue weighted by Crippen LogP contribution is -2.44. The van der Waals surface area contributed by atoms with Gasteiger partial charge in [-0.2, -0.15) is 4.68 Å². The van der Waals surface area contributed by atoms with Gasteiger partial charge in [0.1, 0.15) is 16.8 Å². The molecule has 1 saturated heterocycles. The van der Waals surface area contributed by atoms with Crippen LogP contribution in [0.4, 0.5) is 14.9 Å². The minimum atomic E-state index is -0.830. The van der Waals surface area contributed by atoms with Crippen LogP contribution in [0.5, 0.6) is 5.75 Å². The van der Waals surface area contributed by atoms with Gasteiger partial charge in [0.2, 0.25) is 0 Å². The fourth-order valence-electron chi connectivity index (χ4n) is 4.38. The van der Waals surface area contributed by atoms with E-state index in [1.54, 1.807) is 20.8 Å². The molecule has 0 radical (unpaired) electrons. The lowest BCUT2D eigenvalue weighted by Gasteiger charge is -2.24. The van der Waals surface area contributed by atoms with E-state index in [1.807, 2.05) is 4.90 Å². The number of ether oxygens (including phenoxy) is 2. The number of halogens is 1. The average molecular weight is 464 g/mol. The highest BCUT2D eigenvalue weighted by Crippen LogP contribution is 2.45. The van der Waals surface area contributed by atoms with Crippen LogP contribution in [0.3, 0.4) is 0 Å². The number of anilines is 1. The lowest BCUT2D eigenvalue weighted by molar-refractivity contribution is 0.0520. The van der Waals surface area contributed by atoms with Crippen LogP contribution in [0.15, 0.2) is 15.8 Å². The van der Waals surface area contributed by atoms with E-state index in [-0.39, 0.29) is 28.8 Å². The number of amides is 1. The Bertz CT molecular complexity index is 1210. The number of methoxy groups -OCH3 is 1. The molecule has 11 heteroatoms. The summed E-state index contributed by atoms with van der Waals surface area (Å²) in [4.78, 5) is 39.2. The van der Waals surface area contributed by atoms with E-state index in [2.05, 4.69) is 5.32 Å². The number of aromatic nitrogens is 2. The van der Waals surface area contributed by atoms with Crippen molar-refractivity contribution in [1.82, 2.24) is 14.4 Å². The molecule has 1 aliphatic heterocycles. The predicted octanol–water partition coefficient (Wildman–Crippen LogP) is 1.55. The van der Waals surface area contributed by atoms with E-state index < -0.39 is 28.8 Å². The molecule has 2 aromatic heterocycles. The quantitative estimate of drug-likeness (QED) is 0.646. The molecule has 2 fully saturated rings. The van der Waals surface area contributed by atoms with E-state index >= 15 is 4.39 Å². The van der Waals surface area contributed by atoms with Gasteiger partial charge in [0.15, 0.2) is 11.6 Å². The summed E-state index contributed by atoms with van der Waals surface area (Å²) < 4.78 is 27.7. The van der Waals surface area contributed by atoms with Gasteiger partial charge in [-0.3, -0.25) is 9.20 Å². The number of pyridine rings is 1. The number of nitrogens with two attached hydrogens (primary N) is 1. The second-order valence-corrected chi connectivity index (χ2v) is 9.71. The Labute approximate surface area is 190 Å². The molecule has 3 N–H and O–H groups in total. The topological polar surface area (TPSA) is 120 Å². The molecule has 3 heterocycles. The van der Waals surface area contributed by atoms with Crippen LogP contribution in [0.1, 0.15) is 51.5 Å². The van der Waals surface area contributed by atoms with Crippen LogP contribution in [-0.4, -0.2) is 47.5 Å². The summed E-state index contributed by atoms with van der Waals surface area (Å²) in [6, 6.07) is 0. The third-order valence-electron chi connectivity index (χ3n) is 5.98. The zero-order valence-corrected chi connectivity index (χ0v) is 19.3. The van der Waals surface area contributed by atoms with Gasteiger partial charge in [0.05, 0.1) is 18.9 Å². The Morgan fingerprint density at radius 2 is 1.97 bits per heavy atom. The summed E-state index contributed by atoms with van der Waals surface area (Å²) in [7, 11) is 1.39. The molecule has 0 aromatic carbocycles. The molecular formula is C22H30FN5O5. The summed E-state index contributed by atoms with van der Waals surface area (Å²) in [5.74, 6) is 5.21. The zero-order valence-electron chi connectivity index (χ0n) is 19.3. The highest BCUT2D eigenvalue weighted by atomic mass is 19.1. The van der Waals surface area contributed by atoms with Crippen molar-refractivity contribution in [3.63, 3.8) is 0 Å². The number of hydrogen-bond donors (Lipinski definition) is 2. The third kappa shape index (κ3) is 4.36. The first-order valence-electron chi connectivity index (χ1n) is 11.1. The molecule has 1 atom stereocenters. The Morgan fingerprint density at radius 3 is 2.58 bits per heavy atom. The minimum Gasteiger partial charge on any atom is -0.492 e. The van der Waals surface area contributed by atoms with Crippen LogP contribution in [-0.2, 0) is 4.74 Å². The number of fused-ring (bicyclic) bond motifs is 1. The first kappa shape index (κ1) is 22.9. The Morgan fingerprint density at radius 1 is 1.27 bits per heavy atom. The van der Waals surface area contributed by atoms with Crippen molar-refractivity contribution in [1.29, 1.82) is 0 Å². The van der Waals surface area contributed by atoms with Crippen molar-refractivity contribution in [3.05, 3.63) is 38.4 Å². The van der Waals surface area contributed by atoms with Gasteiger partial charge < -0.3 is 25.5 Å². The Hall–Kier alpha value is -3.24. The monoisotopic (exact) mass is 463 g/mol. The highest BCUT2D eigenvalue weighted by Gasteiger charge is 2.35. The van der Waals surface area contributed by atoms with E-state index in [0.717, 1.165) is 29.9 Å². The molecule has 2 aliphatic rings. The summed E-state index contributed by atoms with van der Waals surface area (Å²) in [6.45, 7) is 6.75. The summed E-state index contributed by atoms with van der Waals surface area (Å²) >= 11 is 0. The molecule has 0 unspecified atom stereocenters. The van der Waals surface area contributed by atoms with Crippen molar-refractivity contribution in [2.45, 2.75) is 51.6 Å². The standard InChI is InChI=1S/C22H30FN5O5/c1-22(2,3)33-20(30)25-9-12-7-8-26(10-12)16-14(23)11-27-17(18(16)32-4)15(13-5-6-13)19(29)28(24)21(27)31/h11-13H,5-10,24H2,1-4H3,(H,25,30)/t12-/m0/s1. The Kier molecular flexibility index (Phi) is 5.75. The number of rotatable bonds is 5. The van der Waals surface area contributed by atoms with Crippen molar-refractivity contribution < 1.29 is 18.7 Å². The van der Waals surface area contributed by atoms with Crippen molar-refractivity contribution in [2.24, 2.45) is 5.92 Å². The number of nitrogens with zero attached hydrogens (tertiary/aromatic N) is 3. The molecule has 180 valence electrons. The van der Waals surface area contributed by atoms with Gasteiger partial charge in [-0.1, -0.05) is 0 Å². The average Bonchev–Trinajstić information content (AvgIpc) is 3.46. The van der Waals surface area contributed by atoms with E-state index in [1.165, 1.54) is 7.11 Å². The smallest absolute Gasteiger partial charge is 0.407 e. The normalized spacial score (nSPS) is 18.6. The van der Waals surface area contributed by atoms with Gasteiger partial charge in [0, 0.05) is 19.6 Å². The number of nitrogen functional groups attached to an aromatic ring is 1. The first-order valence-corrected chi connectivity index (χ1v) is 11.1. The van der Waals surface area contributed by atoms with Crippen molar-refractivity contribution in [2.75, 3.05) is 37.5 Å². The highest BCUT2D eigenvalue weighted by molar-refractivity contribution is 5.78. The molecule has 1 amide bonds. The van der Waals surface area contributed by atoms with Crippen LogP contribution < -0.4 is 32.0 Å². The van der Waals surface area contributed by atoms with Gasteiger partial charge in [-0.15, -0.1) is 0 Å². The second kappa shape index (κ2) is 8.27. The SMILES string of the molecule is COc1c(N2CC[C@@H](CNC(=O)OC(C)(C)C)C2)c(F)cn2c(=O)n(N)c(=O)c(C3CC3)c12. The maximum absolute atomic E-state index is 15.3. The molecule has 4 rings (SSSR count). The maximum atomic E-state index is 15.3. The second-order valence-electron chi connectivity index (χ2n) is 9.71. The molecule has 2 aromatic rings. The van der Waals surface area contributed by atoms with Gasteiger partial charge in [-0.05, 0) is 51.9 Å². The largest absolute Gasteiger partial charge is 0.492 e. The van der Waals surface area contributed by atoms with Crippen LogP contribution in [0.2, 0.25) is 0 Å². The van der Waals surface area contributed by atoms with Gasteiger partial charge in [-0.25, -0.2) is 14.0 Å². The molecule has 10 nitrogen and oxygen atoms in total. The third-order valence-corrected chi connectivity index (χ3v) is 5.98. The molecule has 1 aliphatic carbocycles. The summed E-state index contributed by atoms with van der Waals surface area (Å²) in [5, 5.41) is 2.76. The van der Waals surface area contributed by atoms with Crippen molar-refractivity contribution >= 4 is 17.3 Å². The number of carbonyl (C=O) groups excluding carboxylic acids is 1. The molecule has 0 bridgehead atoms. The fourth-order valence-corrected chi connectivity index (χ4v) is 4.38. The maximum Gasteiger partial charge on any atom is 0.407 e. The minimum absolute atomic E-state index is 0.0422. The van der Waals surface area contributed by atoms with Crippen LogP contribution in [0, 0.1) is 11.7 Å². The summed E-state index contributed by atoms with van der Waals surface area (Å²) in [5.41, 5.74) is -1.16. The molecule has 33 heavy (non-hydrogen) atoms. The van der Waals surface area contributed by atoms with E-state index in [9.17, 15) is 14.4 Å². The number of alkyl carbamates (subject to hydrolysis) is 1. The molecular weight excluding hydrogens is 433 g/mol. The number of hydrogen-bond acceptors (Lipinski definition) is 7. The fraction of sp³-hybridized carbons (Fsp3) is 0.591. The van der Waals surface area contributed by atoms with Crippen molar-refractivity contribution in [3.8, 4) is 5.75 Å². The Balaban J connectivity index is 1.66. The number of carbonyl (C=O) groups is 1. The van der Waals surface area contributed by atoms with Gasteiger partial charge in [0.25, 0.3) is 5.56 Å². The van der Waals surface area contributed by atoms with E-state index in [0.29, 0.717) is 29.9 Å². The number of nitrogens with one attached hydrogen (secondary N) is 1. The predicted molar refractivity (Wildman–Crippen MR) is 121 cm³/mol. The first-order chi connectivity index (χ1) is 15.5. The zero-order chi connectivity index (χ0) is 24.1. The summed E-state index contributed by atoms with van der Waals surface area (Å²) in [6.07, 6.45) is 2.87. The van der Waals surface area contributed by atoms with Gasteiger partial charge >= 0.3 is 11.8 Å².